The van der Waals surface area contributed by atoms with Crippen LogP contribution in [0.5, 0.6) is 0 Å². The molecule has 2 fully saturated rings. The van der Waals surface area contributed by atoms with Gasteiger partial charge in [0.1, 0.15) is 0 Å². The van der Waals surface area contributed by atoms with E-state index in [1.54, 1.807) is 0 Å². The molecule has 4 N–H and O–H groups in total. The number of carboxylic acid groups (broad SMARTS) is 1. The Morgan fingerprint density at radius 2 is 2.03 bits per heavy atom. The van der Waals surface area contributed by atoms with Crippen molar-refractivity contribution >= 4 is 23.7 Å². The van der Waals surface area contributed by atoms with Crippen LogP contribution in [0.3, 0.4) is 0 Å². The van der Waals surface area contributed by atoms with E-state index < -0.39 is 6.09 Å². The van der Waals surface area contributed by atoms with Gasteiger partial charge in [-0.15, -0.1) is 0 Å². The van der Waals surface area contributed by atoms with Crippen molar-refractivity contribution in [2.75, 3.05) is 39.8 Å². The summed E-state index contributed by atoms with van der Waals surface area (Å²) in [5, 5.41) is 18.3. The first-order chi connectivity index (χ1) is 17.7. The Hall–Kier alpha value is -2.07. The number of benzene rings is 1. The van der Waals surface area contributed by atoms with Crippen LogP contribution in [-0.4, -0.2) is 80.2 Å². The van der Waals surface area contributed by atoms with Crippen molar-refractivity contribution in [2.45, 2.75) is 70.3 Å². The summed E-state index contributed by atoms with van der Waals surface area (Å²) in [6.07, 6.45) is 3.86. The quantitative estimate of drug-likeness (QED) is 0.313. The molecule has 0 bridgehead atoms. The van der Waals surface area contributed by atoms with Gasteiger partial charge < -0.3 is 35.4 Å². The minimum atomic E-state index is -1.08. The second-order valence-electron chi connectivity index (χ2n) is 10.5. The van der Waals surface area contributed by atoms with Crippen LogP contribution in [0, 0.1) is 11.8 Å². The van der Waals surface area contributed by atoms with Gasteiger partial charge in [-0.3, -0.25) is 0 Å². The van der Waals surface area contributed by atoms with Crippen LogP contribution < -0.4 is 16.0 Å². The lowest BCUT2D eigenvalue weighted by molar-refractivity contribution is -0.0547. The number of hydrogen-bond donors (Lipinski definition) is 4. The van der Waals surface area contributed by atoms with Gasteiger partial charge in [-0.05, 0) is 76.6 Å². The minimum absolute atomic E-state index is 0.0439. The molecule has 2 aliphatic heterocycles. The molecule has 0 aliphatic carbocycles. The van der Waals surface area contributed by atoms with Gasteiger partial charge in [0.05, 0.1) is 24.9 Å². The Morgan fingerprint density at radius 3 is 2.70 bits per heavy atom. The number of rotatable bonds is 11. The van der Waals surface area contributed by atoms with Crippen LogP contribution in [-0.2, 0) is 9.47 Å². The molecule has 37 heavy (non-hydrogen) atoms. The fourth-order valence-electron chi connectivity index (χ4n) is 5.82. The number of urea groups is 1. The summed E-state index contributed by atoms with van der Waals surface area (Å²) in [6.45, 7) is 6.65. The van der Waals surface area contributed by atoms with Crippen LogP contribution in [0.25, 0.3) is 0 Å². The van der Waals surface area contributed by atoms with E-state index >= 15 is 0 Å². The van der Waals surface area contributed by atoms with Gasteiger partial charge in [0.15, 0.2) is 0 Å². The predicted octanol–water partition coefficient (Wildman–Crippen LogP) is 4.27. The number of likely N-dealkylation sites (tertiary alicyclic amines) is 1. The summed E-state index contributed by atoms with van der Waals surface area (Å²) in [5.74, 6) is 0.592. The largest absolute Gasteiger partial charge is 0.465 e. The Labute approximate surface area is 225 Å². The summed E-state index contributed by atoms with van der Waals surface area (Å²) < 4.78 is 12.1. The number of likely N-dealkylation sites (N-methyl/N-ethyl adjacent to an activating group) is 1. The molecule has 5 atom stereocenters. The normalized spacial score (nSPS) is 25.8. The van der Waals surface area contributed by atoms with Crippen LogP contribution in [0.4, 0.5) is 9.59 Å². The molecule has 0 saturated carbocycles. The molecule has 0 spiro atoms. The molecule has 0 radical (unpaired) electrons. The fourth-order valence-corrected chi connectivity index (χ4v) is 6.02. The second-order valence-corrected chi connectivity index (χ2v) is 10.9. The number of halogens is 1. The summed E-state index contributed by atoms with van der Waals surface area (Å²) >= 11 is 6.26. The number of carbonyl (C=O) groups is 2. The van der Waals surface area contributed by atoms with Gasteiger partial charge in [0, 0.05) is 43.2 Å². The second kappa shape index (κ2) is 14.8. The zero-order valence-corrected chi connectivity index (χ0v) is 23.0. The molecule has 1 aromatic rings. The van der Waals surface area contributed by atoms with E-state index in [-0.39, 0.29) is 49.5 Å². The van der Waals surface area contributed by atoms with Crippen molar-refractivity contribution < 1.29 is 24.2 Å². The maximum atomic E-state index is 13.4. The van der Waals surface area contributed by atoms with Gasteiger partial charge in [-0.2, -0.15) is 0 Å². The molecule has 1 aromatic carbocycles. The summed E-state index contributed by atoms with van der Waals surface area (Å²) in [5.41, 5.74) is 0.936. The number of nitrogens with zero attached hydrogens (tertiary/aromatic N) is 1. The molecule has 10 heteroatoms. The third kappa shape index (κ3) is 9.63. The Balaban J connectivity index is 1.63. The maximum absolute atomic E-state index is 13.4. The Bertz CT molecular complexity index is 865. The summed E-state index contributed by atoms with van der Waals surface area (Å²) in [7, 11) is 1.91. The van der Waals surface area contributed by atoms with Crippen molar-refractivity contribution in [1.82, 2.24) is 20.9 Å². The third-order valence-corrected chi connectivity index (χ3v) is 7.45. The first-order valence-corrected chi connectivity index (χ1v) is 13.8. The van der Waals surface area contributed by atoms with Gasteiger partial charge in [-0.25, -0.2) is 9.59 Å². The molecule has 2 aliphatic rings. The summed E-state index contributed by atoms with van der Waals surface area (Å²) in [6, 6.07) is 7.56. The highest BCUT2D eigenvalue weighted by atomic mass is 35.5. The highest BCUT2D eigenvalue weighted by molar-refractivity contribution is 6.30. The fraction of sp³-hybridized carbons (Fsp3) is 0.704. The van der Waals surface area contributed by atoms with Crippen LogP contribution in [0.15, 0.2) is 24.3 Å². The van der Waals surface area contributed by atoms with Gasteiger partial charge in [-0.1, -0.05) is 23.7 Å². The van der Waals surface area contributed by atoms with Crippen molar-refractivity contribution in [3.63, 3.8) is 0 Å². The molecule has 2 heterocycles. The third-order valence-electron chi connectivity index (χ3n) is 7.22. The maximum Gasteiger partial charge on any atom is 0.404 e. The molecule has 2 saturated heterocycles. The van der Waals surface area contributed by atoms with E-state index in [0.717, 1.165) is 37.7 Å². The zero-order valence-electron chi connectivity index (χ0n) is 22.2. The van der Waals surface area contributed by atoms with Gasteiger partial charge in [0.25, 0.3) is 0 Å². The van der Waals surface area contributed by atoms with Crippen molar-refractivity contribution in [3.8, 4) is 0 Å². The lowest BCUT2D eigenvalue weighted by atomic mass is 9.87. The van der Waals surface area contributed by atoms with E-state index in [2.05, 4.69) is 29.8 Å². The van der Waals surface area contributed by atoms with Gasteiger partial charge >= 0.3 is 12.1 Å². The van der Waals surface area contributed by atoms with Gasteiger partial charge in [0.2, 0.25) is 0 Å². The zero-order chi connectivity index (χ0) is 26.8. The van der Waals surface area contributed by atoms with E-state index in [9.17, 15) is 9.59 Å². The average Bonchev–Trinajstić information content (AvgIpc) is 2.83. The molecule has 5 unspecified atom stereocenters. The van der Waals surface area contributed by atoms with Crippen molar-refractivity contribution in [2.24, 2.45) is 11.8 Å². The predicted molar refractivity (Wildman–Crippen MR) is 144 cm³/mol. The molecule has 9 nitrogen and oxygen atoms in total. The molecule has 3 rings (SSSR count). The topological polar surface area (TPSA) is 112 Å². The van der Waals surface area contributed by atoms with Crippen molar-refractivity contribution in [3.05, 3.63) is 34.9 Å². The Kier molecular flexibility index (Phi) is 11.8. The SMILES string of the molecule is CNCC(CC1CC(C)OC(C)C1)NC(=O)N1CCCC(C(OCCNC(=O)O)c2cccc(Cl)c2)C1. The van der Waals surface area contributed by atoms with Crippen LogP contribution in [0.1, 0.15) is 57.6 Å². The highest BCUT2D eigenvalue weighted by Gasteiger charge is 2.33. The number of hydrogen-bond acceptors (Lipinski definition) is 5. The van der Waals surface area contributed by atoms with E-state index in [1.165, 1.54) is 0 Å². The monoisotopic (exact) mass is 538 g/mol. The standard InChI is InChI=1S/C27H43ClN4O5/c1-18-12-20(13-19(2)37-18)14-24(16-29-3)31-26(33)32-10-5-7-22(17-32)25(36-11-9-30-27(34)35)21-6-4-8-23(28)15-21/h4,6,8,15,18-20,22,24-25,29-30H,5,7,9-14,16-17H2,1-3H3,(H,31,33)(H,34,35). The lowest BCUT2D eigenvalue weighted by Crippen LogP contribution is -2.52. The number of ether oxygens (including phenoxy) is 2. The minimum Gasteiger partial charge on any atom is -0.465 e. The van der Waals surface area contributed by atoms with Crippen LogP contribution >= 0.6 is 11.6 Å². The summed E-state index contributed by atoms with van der Waals surface area (Å²) in [4.78, 5) is 26.1. The molecular weight excluding hydrogens is 496 g/mol. The molecule has 3 amide bonds. The van der Waals surface area contributed by atoms with Crippen LogP contribution in [0.2, 0.25) is 5.02 Å². The molecule has 0 aromatic heterocycles. The number of amides is 3. The van der Waals surface area contributed by atoms with E-state index in [1.807, 2.05) is 36.2 Å². The number of nitrogens with one attached hydrogen (secondary N) is 3. The first kappa shape index (κ1) is 29.5. The number of carbonyl (C=O) groups excluding carboxylic acids is 1. The molecular formula is C27H43ClN4O5. The number of piperidine rings is 1. The van der Waals surface area contributed by atoms with E-state index in [0.29, 0.717) is 30.6 Å². The Morgan fingerprint density at radius 1 is 1.27 bits per heavy atom. The van der Waals surface area contributed by atoms with E-state index in [4.69, 9.17) is 26.2 Å². The van der Waals surface area contributed by atoms with Crippen molar-refractivity contribution in [1.29, 1.82) is 0 Å². The average molecular weight is 539 g/mol. The highest BCUT2D eigenvalue weighted by Crippen LogP contribution is 2.34. The lowest BCUT2D eigenvalue weighted by Gasteiger charge is -2.38. The first-order valence-electron chi connectivity index (χ1n) is 13.4. The smallest absolute Gasteiger partial charge is 0.404 e. The molecule has 208 valence electrons.